The van der Waals surface area contributed by atoms with Crippen LogP contribution in [-0.4, -0.2) is 10.9 Å². The molecule has 0 unspecified atom stereocenters. The average molecular weight is 246 g/mol. The Kier molecular flexibility index (Phi) is 3.19. The van der Waals surface area contributed by atoms with Gasteiger partial charge in [0.05, 0.1) is 0 Å². The molecule has 18 heavy (non-hydrogen) atoms. The van der Waals surface area contributed by atoms with Crippen molar-refractivity contribution >= 4 is 16.8 Å². The zero-order valence-corrected chi connectivity index (χ0v) is 10.3. The average Bonchev–Trinajstić information content (AvgIpc) is 2.27. The molecule has 0 aliphatic rings. The highest BCUT2D eigenvalue weighted by molar-refractivity contribution is 6.07. The zero-order chi connectivity index (χ0) is 13.3. The molecule has 0 aliphatic heterocycles. The van der Waals surface area contributed by atoms with Crippen molar-refractivity contribution in [1.29, 1.82) is 0 Å². The van der Waals surface area contributed by atoms with E-state index in [1.807, 2.05) is 6.92 Å². The van der Waals surface area contributed by atoms with Crippen molar-refractivity contribution in [3.8, 4) is 5.75 Å². The lowest BCUT2D eigenvalue weighted by Gasteiger charge is -2.08. The van der Waals surface area contributed by atoms with Crippen molar-refractivity contribution in [1.82, 2.24) is 0 Å². The smallest absolute Gasteiger partial charge is 0.336 e. The van der Waals surface area contributed by atoms with Crippen LogP contribution < -0.4 is 5.63 Å². The summed E-state index contributed by atoms with van der Waals surface area (Å²) in [5.74, 6) is -0.485. The molecular formula is C14H14O4. The highest BCUT2D eigenvalue weighted by Gasteiger charge is 2.16. The predicted molar refractivity (Wildman–Crippen MR) is 68.1 cm³/mol. The number of ketones is 1. The second kappa shape index (κ2) is 4.64. The van der Waals surface area contributed by atoms with E-state index >= 15 is 0 Å². The SMILES string of the molecule is CCCc1cc(=O)oc2c(C(C)=O)c(O)ccc12. The second-order valence-corrected chi connectivity index (χ2v) is 4.23. The van der Waals surface area contributed by atoms with E-state index in [1.165, 1.54) is 19.1 Å². The number of phenolic OH excluding ortho intramolecular Hbond substituents is 1. The summed E-state index contributed by atoms with van der Waals surface area (Å²) < 4.78 is 5.09. The molecule has 0 fully saturated rings. The molecule has 94 valence electrons. The van der Waals surface area contributed by atoms with E-state index in [9.17, 15) is 14.7 Å². The third-order valence-corrected chi connectivity index (χ3v) is 2.85. The Bertz CT molecular complexity index is 667. The third-order valence-electron chi connectivity index (χ3n) is 2.85. The van der Waals surface area contributed by atoms with Gasteiger partial charge in [-0.1, -0.05) is 13.3 Å². The molecule has 1 aromatic heterocycles. The van der Waals surface area contributed by atoms with Gasteiger partial charge in [-0.2, -0.15) is 0 Å². The summed E-state index contributed by atoms with van der Waals surface area (Å²) in [6.07, 6.45) is 1.61. The molecule has 0 spiro atoms. The molecule has 1 heterocycles. The summed E-state index contributed by atoms with van der Waals surface area (Å²) in [6, 6.07) is 4.57. The summed E-state index contributed by atoms with van der Waals surface area (Å²) in [7, 11) is 0. The van der Waals surface area contributed by atoms with E-state index in [1.54, 1.807) is 6.07 Å². The van der Waals surface area contributed by atoms with Gasteiger partial charge in [-0.15, -0.1) is 0 Å². The van der Waals surface area contributed by atoms with Gasteiger partial charge in [0.15, 0.2) is 11.4 Å². The second-order valence-electron chi connectivity index (χ2n) is 4.23. The van der Waals surface area contributed by atoms with Crippen LogP contribution in [0.3, 0.4) is 0 Å². The van der Waals surface area contributed by atoms with Gasteiger partial charge in [-0.3, -0.25) is 4.79 Å². The van der Waals surface area contributed by atoms with Crippen LogP contribution >= 0.6 is 0 Å². The van der Waals surface area contributed by atoms with E-state index in [0.717, 1.165) is 18.4 Å². The molecule has 4 nitrogen and oxygen atoms in total. The van der Waals surface area contributed by atoms with E-state index in [0.29, 0.717) is 5.39 Å². The third kappa shape index (κ3) is 2.01. The monoisotopic (exact) mass is 246 g/mol. The Labute approximate surface area is 104 Å². The maximum absolute atomic E-state index is 11.5. The fourth-order valence-corrected chi connectivity index (χ4v) is 2.10. The van der Waals surface area contributed by atoms with Gasteiger partial charge in [0.25, 0.3) is 0 Å². The van der Waals surface area contributed by atoms with Crippen LogP contribution in [-0.2, 0) is 6.42 Å². The van der Waals surface area contributed by atoms with E-state index in [2.05, 4.69) is 0 Å². The molecule has 0 radical (unpaired) electrons. The van der Waals surface area contributed by atoms with Crippen molar-refractivity contribution < 1.29 is 14.3 Å². The fraction of sp³-hybridized carbons (Fsp3) is 0.286. The topological polar surface area (TPSA) is 67.5 Å². The molecule has 2 aromatic rings. The lowest BCUT2D eigenvalue weighted by Crippen LogP contribution is -2.04. The molecule has 1 N–H and O–H groups in total. The number of hydrogen-bond donors (Lipinski definition) is 1. The maximum Gasteiger partial charge on any atom is 0.336 e. The van der Waals surface area contributed by atoms with Crippen LogP contribution in [0.25, 0.3) is 11.0 Å². The molecular weight excluding hydrogens is 232 g/mol. The number of carbonyl (C=O) groups is 1. The van der Waals surface area contributed by atoms with Crippen LogP contribution in [0.5, 0.6) is 5.75 Å². The Morgan fingerprint density at radius 1 is 1.39 bits per heavy atom. The van der Waals surface area contributed by atoms with Crippen molar-refractivity contribution in [2.75, 3.05) is 0 Å². The first-order chi connectivity index (χ1) is 8.54. The molecule has 0 bridgehead atoms. The van der Waals surface area contributed by atoms with Crippen molar-refractivity contribution in [2.24, 2.45) is 0 Å². The first kappa shape index (κ1) is 12.4. The zero-order valence-electron chi connectivity index (χ0n) is 10.3. The van der Waals surface area contributed by atoms with E-state index in [4.69, 9.17) is 4.42 Å². The largest absolute Gasteiger partial charge is 0.507 e. The van der Waals surface area contributed by atoms with Gasteiger partial charge < -0.3 is 9.52 Å². The van der Waals surface area contributed by atoms with Gasteiger partial charge >= 0.3 is 5.63 Å². The molecule has 2 rings (SSSR count). The van der Waals surface area contributed by atoms with Gasteiger partial charge in [-0.25, -0.2) is 4.79 Å². The Morgan fingerprint density at radius 3 is 2.72 bits per heavy atom. The molecule has 0 saturated heterocycles. The summed E-state index contributed by atoms with van der Waals surface area (Å²) in [6.45, 7) is 3.34. The van der Waals surface area contributed by atoms with Gasteiger partial charge in [0, 0.05) is 11.5 Å². The predicted octanol–water partition coefficient (Wildman–Crippen LogP) is 2.65. The minimum Gasteiger partial charge on any atom is -0.507 e. The molecule has 4 heteroatoms. The first-order valence-corrected chi connectivity index (χ1v) is 5.84. The molecule has 1 aromatic carbocycles. The quantitative estimate of drug-likeness (QED) is 0.667. The highest BCUT2D eigenvalue weighted by Crippen LogP contribution is 2.29. The number of Topliss-reactive ketones (excluding diaryl/α,β-unsaturated/α-hetero) is 1. The van der Waals surface area contributed by atoms with Gasteiger partial charge in [-0.05, 0) is 31.0 Å². The Balaban J connectivity index is 2.89. The van der Waals surface area contributed by atoms with E-state index in [-0.39, 0.29) is 22.7 Å². The van der Waals surface area contributed by atoms with Crippen LogP contribution in [0, 0.1) is 0 Å². The summed E-state index contributed by atoms with van der Waals surface area (Å²) in [5, 5.41) is 10.4. The lowest BCUT2D eigenvalue weighted by molar-refractivity contribution is 0.101. The molecule has 0 saturated carbocycles. The fourth-order valence-electron chi connectivity index (χ4n) is 2.10. The minimum absolute atomic E-state index is 0.0718. The number of benzene rings is 1. The van der Waals surface area contributed by atoms with Crippen LogP contribution in [0.4, 0.5) is 0 Å². The van der Waals surface area contributed by atoms with E-state index < -0.39 is 5.63 Å². The lowest BCUT2D eigenvalue weighted by atomic mass is 10.0. The summed E-state index contributed by atoms with van der Waals surface area (Å²) in [4.78, 5) is 23.0. The van der Waals surface area contributed by atoms with Crippen molar-refractivity contribution in [2.45, 2.75) is 26.7 Å². The number of aromatic hydroxyl groups is 1. The Hall–Kier alpha value is -2.10. The van der Waals surface area contributed by atoms with Crippen molar-refractivity contribution in [3.05, 3.63) is 39.7 Å². The molecule has 0 aliphatic carbocycles. The van der Waals surface area contributed by atoms with Gasteiger partial charge in [0.2, 0.25) is 0 Å². The summed E-state index contributed by atoms with van der Waals surface area (Å²) in [5.41, 5.74) is 0.589. The number of carbonyl (C=O) groups excluding carboxylic acids is 1. The number of aryl methyl sites for hydroxylation is 1. The van der Waals surface area contributed by atoms with Gasteiger partial charge in [0.1, 0.15) is 11.3 Å². The molecule has 0 amide bonds. The minimum atomic E-state index is -0.501. The first-order valence-electron chi connectivity index (χ1n) is 5.84. The maximum atomic E-state index is 11.5. The highest BCUT2D eigenvalue weighted by atomic mass is 16.4. The number of hydrogen-bond acceptors (Lipinski definition) is 4. The number of rotatable bonds is 3. The standard InChI is InChI=1S/C14H14O4/c1-3-4-9-7-12(17)18-14-10(9)5-6-11(16)13(14)8(2)15/h5-7,16H,3-4H2,1-2H3. The van der Waals surface area contributed by atoms with Crippen LogP contribution in [0.2, 0.25) is 0 Å². The number of fused-ring (bicyclic) bond motifs is 1. The summed E-state index contributed by atoms with van der Waals surface area (Å²) >= 11 is 0. The Morgan fingerprint density at radius 2 is 2.11 bits per heavy atom. The van der Waals surface area contributed by atoms with Crippen LogP contribution in [0.1, 0.15) is 36.2 Å². The van der Waals surface area contributed by atoms with Crippen molar-refractivity contribution in [3.63, 3.8) is 0 Å². The molecule has 0 atom stereocenters. The van der Waals surface area contributed by atoms with Crippen LogP contribution in [0.15, 0.2) is 27.4 Å². The normalized spacial score (nSPS) is 10.8. The number of phenols is 1.